The molecular formula is C12H17NO2. The molecule has 2 aliphatic heterocycles. The fourth-order valence-electron chi connectivity index (χ4n) is 5.33. The third kappa shape index (κ3) is 0.690. The van der Waals surface area contributed by atoms with Gasteiger partial charge in [0.05, 0.1) is 5.54 Å². The molecule has 1 spiro atoms. The summed E-state index contributed by atoms with van der Waals surface area (Å²) < 4.78 is 0. The lowest BCUT2D eigenvalue weighted by atomic mass is 9.77. The van der Waals surface area contributed by atoms with Crippen molar-refractivity contribution >= 4 is 5.91 Å². The molecule has 0 aromatic heterocycles. The fourth-order valence-corrected chi connectivity index (χ4v) is 5.33. The van der Waals surface area contributed by atoms with Gasteiger partial charge in [-0.3, -0.25) is 4.79 Å². The lowest BCUT2D eigenvalue weighted by molar-refractivity contribution is -0.136. The second kappa shape index (κ2) is 2.40. The summed E-state index contributed by atoms with van der Waals surface area (Å²) in [6.07, 6.45) is 5.41. The molecule has 4 aliphatic rings. The van der Waals surface area contributed by atoms with Gasteiger partial charge in [-0.1, -0.05) is 0 Å². The van der Waals surface area contributed by atoms with Crippen LogP contribution in [0.3, 0.4) is 0 Å². The number of rotatable bonds is 0. The van der Waals surface area contributed by atoms with Crippen molar-refractivity contribution in [3.8, 4) is 0 Å². The Labute approximate surface area is 89.4 Å². The third-order valence-corrected chi connectivity index (χ3v) is 5.66. The van der Waals surface area contributed by atoms with Crippen molar-refractivity contribution in [2.45, 2.75) is 43.7 Å². The van der Waals surface area contributed by atoms with Gasteiger partial charge in [-0.25, -0.2) is 0 Å². The predicted octanol–water partition coefficient (Wildman–Crippen LogP) is 0.768. The zero-order valence-electron chi connectivity index (χ0n) is 8.85. The molecule has 2 aliphatic carbocycles. The summed E-state index contributed by atoms with van der Waals surface area (Å²) in [5.74, 6) is 1.71. The highest BCUT2D eigenvalue weighted by molar-refractivity contribution is 5.86. The van der Waals surface area contributed by atoms with Gasteiger partial charge in [-0.15, -0.1) is 0 Å². The lowest BCUT2D eigenvalue weighted by Crippen LogP contribution is -2.47. The second-order valence-corrected chi connectivity index (χ2v) is 5.77. The Morgan fingerprint density at radius 3 is 2.60 bits per heavy atom. The Kier molecular flexibility index (Phi) is 1.37. The highest BCUT2D eigenvalue weighted by atomic mass is 16.3. The number of carbonyl (C=O) groups excluding carboxylic acids is 1. The van der Waals surface area contributed by atoms with E-state index in [4.69, 9.17) is 0 Å². The van der Waals surface area contributed by atoms with Crippen molar-refractivity contribution in [3.63, 3.8) is 0 Å². The summed E-state index contributed by atoms with van der Waals surface area (Å²) in [6.45, 7) is 0.910. The smallest absolute Gasteiger partial charge is 0.252 e. The Balaban J connectivity index is 1.90. The summed E-state index contributed by atoms with van der Waals surface area (Å²) in [7, 11) is 0. The second-order valence-electron chi connectivity index (χ2n) is 5.77. The predicted molar refractivity (Wildman–Crippen MR) is 54.0 cm³/mol. The minimum absolute atomic E-state index is 0.0362. The maximum absolute atomic E-state index is 12.0. The van der Waals surface area contributed by atoms with Gasteiger partial charge in [0.2, 0.25) is 0 Å². The van der Waals surface area contributed by atoms with Crippen LogP contribution in [-0.4, -0.2) is 34.1 Å². The molecule has 2 saturated heterocycles. The quantitative estimate of drug-likeness (QED) is 0.637. The first-order chi connectivity index (χ1) is 7.26. The number of aliphatic hydroxyl groups excluding tert-OH is 1. The van der Waals surface area contributed by atoms with Crippen LogP contribution < -0.4 is 0 Å². The monoisotopic (exact) mass is 207 g/mol. The number of nitrogens with zero attached hydrogens (tertiary/aromatic N) is 1. The van der Waals surface area contributed by atoms with Gasteiger partial charge in [-0.05, 0) is 43.9 Å². The van der Waals surface area contributed by atoms with E-state index in [-0.39, 0.29) is 17.4 Å². The summed E-state index contributed by atoms with van der Waals surface area (Å²) in [5.41, 5.74) is 0.122. The van der Waals surface area contributed by atoms with Gasteiger partial charge in [-0.2, -0.15) is 0 Å². The number of hydrogen-bond donors (Lipinski definition) is 1. The molecule has 0 unspecified atom stereocenters. The minimum Gasteiger partial charge on any atom is -0.383 e. The average molecular weight is 207 g/mol. The fraction of sp³-hybridized carbons (Fsp3) is 0.917. The number of hydrogen-bond acceptors (Lipinski definition) is 2. The number of aliphatic hydroxyl groups is 1. The van der Waals surface area contributed by atoms with Crippen LogP contribution in [0.1, 0.15) is 32.1 Å². The van der Waals surface area contributed by atoms with Crippen LogP contribution in [0.4, 0.5) is 0 Å². The van der Waals surface area contributed by atoms with Crippen molar-refractivity contribution in [2.75, 3.05) is 6.54 Å². The van der Waals surface area contributed by atoms with Crippen LogP contribution in [0.15, 0.2) is 0 Å². The molecule has 1 N–H and O–H groups in total. The third-order valence-electron chi connectivity index (χ3n) is 5.66. The number of amides is 1. The zero-order valence-corrected chi connectivity index (χ0v) is 8.85. The van der Waals surface area contributed by atoms with Crippen LogP contribution in [0.25, 0.3) is 0 Å². The van der Waals surface area contributed by atoms with Gasteiger partial charge in [0, 0.05) is 12.5 Å². The standard InChI is InChI=1S/C12H17NO2/c14-10-9-4-3-7-1-2-8-5-6-13(11(10)15)12(7,8)9/h7-10,14H,1-6H2/t7-,8-,9+,10-,12-/m1/s1. The molecule has 2 saturated carbocycles. The normalized spacial score (nSPS) is 56.3. The first-order valence-corrected chi connectivity index (χ1v) is 6.26. The molecule has 5 atom stereocenters. The van der Waals surface area contributed by atoms with Crippen LogP contribution in [0, 0.1) is 17.8 Å². The Hall–Kier alpha value is -0.570. The van der Waals surface area contributed by atoms with Crippen LogP contribution in [0.5, 0.6) is 0 Å². The molecular weight excluding hydrogens is 190 g/mol. The summed E-state index contributed by atoms with van der Waals surface area (Å²) in [4.78, 5) is 14.1. The van der Waals surface area contributed by atoms with Crippen molar-refractivity contribution in [1.29, 1.82) is 0 Å². The van der Waals surface area contributed by atoms with Crippen molar-refractivity contribution in [2.24, 2.45) is 17.8 Å². The van der Waals surface area contributed by atoms with Crippen molar-refractivity contribution in [3.05, 3.63) is 0 Å². The molecule has 0 aromatic rings. The zero-order chi connectivity index (χ0) is 10.2. The van der Waals surface area contributed by atoms with Crippen LogP contribution >= 0.6 is 0 Å². The minimum atomic E-state index is -0.670. The summed E-state index contributed by atoms with van der Waals surface area (Å²) in [5, 5.41) is 10.0. The highest BCUT2D eigenvalue weighted by Gasteiger charge is 2.71. The Morgan fingerprint density at radius 1 is 1.13 bits per heavy atom. The van der Waals surface area contributed by atoms with E-state index in [1.807, 2.05) is 0 Å². The average Bonchev–Trinajstić information content (AvgIpc) is 2.85. The molecule has 0 bridgehead atoms. The molecule has 82 valence electrons. The summed E-state index contributed by atoms with van der Waals surface area (Å²) in [6, 6.07) is 0. The van der Waals surface area contributed by atoms with E-state index in [0.717, 1.165) is 13.0 Å². The van der Waals surface area contributed by atoms with Gasteiger partial charge < -0.3 is 10.0 Å². The van der Waals surface area contributed by atoms with Gasteiger partial charge in [0.25, 0.3) is 5.91 Å². The van der Waals surface area contributed by atoms with Crippen molar-refractivity contribution < 1.29 is 9.90 Å². The molecule has 15 heavy (non-hydrogen) atoms. The summed E-state index contributed by atoms with van der Waals surface area (Å²) >= 11 is 0. The Morgan fingerprint density at radius 2 is 1.80 bits per heavy atom. The maximum Gasteiger partial charge on any atom is 0.252 e. The van der Waals surface area contributed by atoms with E-state index in [1.54, 1.807) is 0 Å². The highest BCUT2D eigenvalue weighted by Crippen LogP contribution is 2.64. The molecule has 3 heteroatoms. The maximum atomic E-state index is 12.0. The number of carbonyl (C=O) groups is 1. The van der Waals surface area contributed by atoms with Crippen LogP contribution in [-0.2, 0) is 4.79 Å². The topological polar surface area (TPSA) is 40.5 Å². The van der Waals surface area contributed by atoms with E-state index < -0.39 is 6.10 Å². The van der Waals surface area contributed by atoms with E-state index in [2.05, 4.69) is 4.90 Å². The van der Waals surface area contributed by atoms with E-state index in [1.165, 1.54) is 25.7 Å². The first-order valence-electron chi connectivity index (χ1n) is 6.26. The van der Waals surface area contributed by atoms with E-state index in [9.17, 15) is 9.90 Å². The van der Waals surface area contributed by atoms with E-state index in [0.29, 0.717) is 11.8 Å². The SMILES string of the molecule is O=C1[C@H](O)[C@@H]2CC[C@H]3CC[C@@H]4CCN1[C@]342. The molecule has 2 heterocycles. The molecule has 4 rings (SSSR count). The van der Waals surface area contributed by atoms with Gasteiger partial charge >= 0.3 is 0 Å². The largest absolute Gasteiger partial charge is 0.383 e. The first kappa shape index (κ1) is 8.57. The Bertz CT molecular complexity index is 335. The molecule has 3 nitrogen and oxygen atoms in total. The molecule has 0 radical (unpaired) electrons. The lowest BCUT2D eigenvalue weighted by Gasteiger charge is -2.36. The van der Waals surface area contributed by atoms with Crippen molar-refractivity contribution in [1.82, 2.24) is 4.90 Å². The van der Waals surface area contributed by atoms with E-state index >= 15 is 0 Å². The van der Waals surface area contributed by atoms with Crippen LogP contribution in [0.2, 0.25) is 0 Å². The molecule has 0 aromatic carbocycles. The molecule has 1 amide bonds. The van der Waals surface area contributed by atoms with Gasteiger partial charge in [0.1, 0.15) is 6.10 Å². The molecule has 4 fully saturated rings. The van der Waals surface area contributed by atoms with Gasteiger partial charge in [0.15, 0.2) is 0 Å².